The highest BCUT2D eigenvalue weighted by molar-refractivity contribution is 6.11. The predicted molar refractivity (Wildman–Crippen MR) is 178 cm³/mol. The molecule has 0 fully saturated rings. The van der Waals surface area contributed by atoms with Crippen LogP contribution in [0.4, 0.5) is 17.1 Å². The van der Waals surface area contributed by atoms with Crippen molar-refractivity contribution in [3.63, 3.8) is 0 Å². The number of hydrogen-bond acceptors (Lipinski definition) is 1. The second-order valence-electron chi connectivity index (χ2n) is 10.6. The first kappa shape index (κ1) is 24.2. The van der Waals surface area contributed by atoms with Gasteiger partial charge in [0.15, 0.2) is 0 Å². The third-order valence-electron chi connectivity index (χ3n) is 8.15. The lowest BCUT2D eigenvalue weighted by Gasteiger charge is -2.30. The minimum atomic E-state index is 1.11. The molecule has 0 saturated carbocycles. The van der Waals surface area contributed by atoms with E-state index in [2.05, 4.69) is 179 Å². The molecule has 2 heteroatoms. The summed E-state index contributed by atoms with van der Waals surface area (Å²) in [6.07, 6.45) is 0. The third-order valence-corrected chi connectivity index (χ3v) is 8.15. The van der Waals surface area contributed by atoms with E-state index in [9.17, 15) is 0 Å². The van der Waals surface area contributed by atoms with Gasteiger partial charge in [0.05, 0.1) is 22.4 Å². The monoisotopic (exact) mass is 536 g/mol. The minimum absolute atomic E-state index is 1.11. The molecular formula is C40H28N2. The number of fused-ring (bicyclic) bond motifs is 4. The van der Waals surface area contributed by atoms with E-state index >= 15 is 0 Å². The molecule has 0 aliphatic heterocycles. The van der Waals surface area contributed by atoms with E-state index in [-0.39, 0.29) is 0 Å². The van der Waals surface area contributed by atoms with Gasteiger partial charge in [0.2, 0.25) is 0 Å². The summed E-state index contributed by atoms with van der Waals surface area (Å²) in [4.78, 5) is 2.42. The van der Waals surface area contributed by atoms with Crippen LogP contribution in [0, 0.1) is 0 Å². The maximum absolute atomic E-state index is 2.43. The van der Waals surface area contributed by atoms with E-state index in [1.54, 1.807) is 0 Å². The summed E-state index contributed by atoms with van der Waals surface area (Å²) in [6.45, 7) is 0. The zero-order valence-electron chi connectivity index (χ0n) is 23.1. The second kappa shape index (κ2) is 10.1. The molecule has 8 rings (SSSR count). The van der Waals surface area contributed by atoms with Gasteiger partial charge in [-0.2, -0.15) is 0 Å². The van der Waals surface area contributed by atoms with Crippen LogP contribution in [0.3, 0.4) is 0 Å². The van der Waals surface area contributed by atoms with Crippen LogP contribution in [0.5, 0.6) is 0 Å². The topological polar surface area (TPSA) is 8.17 Å². The van der Waals surface area contributed by atoms with Crippen LogP contribution in [0.15, 0.2) is 170 Å². The Balaban J connectivity index is 1.49. The molecular weight excluding hydrogens is 508 g/mol. The molecule has 1 aromatic heterocycles. The van der Waals surface area contributed by atoms with E-state index in [4.69, 9.17) is 0 Å². The normalized spacial score (nSPS) is 11.3. The van der Waals surface area contributed by atoms with E-state index in [1.165, 1.54) is 43.7 Å². The molecule has 0 spiro atoms. The molecule has 0 aliphatic carbocycles. The lowest BCUT2D eigenvalue weighted by Crippen LogP contribution is -2.14. The SMILES string of the molecule is c1ccc(-c2cccc(N(c3ccccc3)c3c(-n4c5ccccc5c5ccccc54)ccc4ccccc34)c2)cc1. The molecule has 0 radical (unpaired) electrons. The fourth-order valence-corrected chi connectivity index (χ4v) is 6.28. The molecule has 0 aliphatic rings. The van der Waals surface area contributed by atoms with E-state index in [1.807, 2.05) is 0 Å². The molecule has 198 valence electrons. The van der Waals surface area contributed by atoms with Gasteiger partial charge in [-0.1, -0.05) is 127 Å². The highest BCUT2D eigenvalue weighted by atomic mass is 15.2. The average Bonchev–Trinajstić information content (AvgIpc) is 3.40. The Bertz CT molecular complexity index is 2140. The number of nitrogens with zero attached hydrogens (tertiary/aromatic N) is 2. The fraction of sp³-hybridized carbons (Fsp3) is 0. The third kappa shape index (κ3) is 3.96. The number of para-hydroxylation sites is 3. The number of aromatic nitrogens is 1. The van der Waals surface area contributed by atoms with Crippen molar-refractivity contribution in [1.82, 2.24) is 4.57 Å². The van der Waals surface area contributed by atoms with Crippen LogP contribution in [0.2, 0.25) is 0 Å². The van der Waals surface area contributed by atoms with Gasteiger partial charge in [-0.25, -0.2) is 0 Å². The zero-order chi connectivity index (χ0) is 27.9. The predicted octanol–water partition coefficient (Wildman–Crippen LogP) is 11.1. The van der Waals surface area contributed by atoms with Crippen LogP contribution in [0.25, 0.3) is 49.4 Å². The van der Waals surface area contributed by atoms with Gasteiger partial charge in [-0.15, -0.1) is 0 Å². The highest BCUT2D eigenvalue weighted by Crippen LogP contribution is 2.45. The van der Waals surface area contributed by atoms with Crippen LogP contribution >= 0.6 is 0 Å². The van der Waals surface area contributed by atoms with Gasteiger partial charge >= 0.3 is 0 Å². The second-order valence-corrected chi connectivity index (χ2v) is 10.6. The van der Waals surface area contributed by atoms with Gasteiger partial charge in [0.1, 0.15) is 0 Å². The summed E-state index contributed by atoms with van der Waals surface area (Å²) >= 11 is 0. The maximum atomic E-state index is 2.43. The van der Waals surface area contributed by atoms with Gasteiger partial charge in [0.25, 0.3) is 0 Å². The van der Waals surface area contributed by atoms with Crippen molar-refractivity contribution < 1.29 is 0 Å². The largest absolute Gasteiger partial charge is 0.308 e. The number of hydrogen-bond donors (Lipinski definition) is 0. The summed E-state index contributed by atoms with van der Waals surface area (Å²) in [5.41, 5.74) is 9.29. The molecule has 0 unspecified atom stereocenters. The molecule has 0 amide bonds. The van der Waals surface area contributed by atoms with Crippen molar-refractivity contribution in [1.29, 1.82) is 0 Å². The van der Waals surface area contributed by atoms with Gasteiger partial charge in [-0.3, -0.25) is 0 Å². The van der Waals surface area contributed by atoms with Crippen LogP contribution < -0.4 is 4.90 Å². The van der Waals surface area contributed by atoms with Crippen molar-refractivity contribution in [3.05, 3.63) is 170 Å². The summed E-state index contributed by atoms with van der Waals surface area (Å²) in [7, 11) is 0. The van der Waals surface area contributed by atoms with Crippen molar-refractivity contribution in [2.24, 2.45) is 0 Å². The lowest BCUT2D eigenvalue weighted by atomic mass is 10.0. The van der Waals surface area contributed by atoms with Crippen molar-refractivity contribution in [2.45, 2.75) is 0 Å². The van der Waals surface area contributed by atoms with Crippen LogP contribution in [-0.2, 0) is 0 Å². The van der Waals surface area contributed by atoms with Gasteiger partial charge < -0.3 is 9.47 Å². The summed E-state index contributed by atoms with van der Waals surface area (Å²) in [6, 6.07) is 60.9. The quantitative estimate of drug-likeness (QED) is 0.212. The fourth-order valence-electron chi connectivity index (χ4n) is 6.28. The van der Waals surface area contributed by atoms with Crippen molar-refractivity contribution in [2.75, 3.05) is 4.90 Å². The standard InChI is InChI=1S/C40H28N2/c1-3-14-29(15-4-1)31-17-13-20-33(28-31)41(32-18-5-2-6-19-32)40-34-21-8-7-16-30(34)26-27-39(40)42-37-24-11-9-22-35(37)36-23-10-12-25-38(36)42/h1-28H. The van der Waals surface area contributed by atoms with Crippen LogP contribution in [0.1, 0.15) is 0 Å². The van der Waals surface area contributed by atoms with Gasteiger partial charge in [-0.05, 0) is 59.0 Å². The molecule has 0 bridgehead atoms. The number of anilines is 3. The van der Waals surface area contributed by atoms with E-state index in [0.29, 0.717) is 0 Å². The van der Waals surface area contributed by atoms with Crippen LogP contribution in [-0.4, -0.2) is 4.57 Å². The Kier molecular flexibility index (Phi) is 5.82. The molecule has 7 aromatic carbocycles. The number of benzene rings is 7. The Morgan fingerprint density at radius 2 is 0.929 bits per heavy atom. The first-order valence-electron chi connectivity index (χ1n) is 14.4. The highest BCUT2D eigenvalue weighted by Gasteiger charge is 2.23. The molecule has 0 atom stereocenters. The summed E-state index contributed by atoms with van der Waals surface area (Å²) in [5, 5.41) is 4.91. The minimum Gasteiger partial charge on any atom is -0.308 e. The van der Waals surface area contributed by atoms with Crippen molar-refractivity contribution in [3.8, 4) is 16.8 Å². The van der Waals surface area contributed by atoms with E-state index < -0.39 is 0 Å². The summed E-state index contributed by atoms with van der Waals surface area (Å²) in [5.74, 6) is 0. The summed E-state index contributed by atoms with van der Waals surface area (Å²) < 4.78 is 2.43. The average molecular weight is 537 g/mol. The lowest BCUT2D eigenvalue weighted by molar-refractivity contribution is 1.16. The Morgan fingerprint density at radius 1 is 0.381 bits per heavy atom. The number of rotatable bonds is 5. The first-order valence-corrected chi connectivity index (χ1v) is 14.4. The smallest absolute Gasteiger partial charge is 0.0781 e. The van der Waals surface area contributed by atoms with Crippen molar-refractivity contribution >= 4 is 49.6 Å². The zero-order valence-corrected chi connectivity index (χ0v) is 23.1. The first-order chi connectivity index (χ1) is 20.9. The molecule has 0 N–H and O–H groups in total. The Labute approximate surface area is 245 Å². The molecule has 8 aromatic rings. The molecule has 42 heavy (non-hydrogen) atoms. The van der Waals surface area contributed by atoms with Gasteiger partial charge in [0, 0.05) is 27.5 Å². The molecule has 2 nitrogen and oxygen atoms in total. The maximum Gasteiger partial charge on any atom is 0.0781 e. The Hall–Kier alpha value is -5.60. The Morgan fingerprint density at radius 3 is 1.64 bits per heavy atom. The van der Waals surface area contributed by atoms with E-state index in [0.717, 1.165) is 22.7 Å². The molecule has 0 saturated heterocycles. The molecule has 1 heterocycles.